The molecule has 0 radical (unpaired) electrons. The molecule has 1 aliphatic rings. The van der Waals surface area contributed by atoms with E-state index < -0.39 is 23.2 Å². The summed E-state index contributed by atoms with van der Waals surface area (Å²) in [6.07, 6.45) is 2.46. The van der Waals surface area contributed by atoms with E-state index in [4.69, 9.17) is 21.1 Å². The van der Waals surface area contributed by atoms with Crippen LogP contribution in [0.2, 0.25) is 5.02 Å². The highest BCUT2D eigenvalue weighted by Gasteiger charge is 2.41. The summed E-state index contributed by atoms with van der Waals surface area (Å²) in [6.45, 7) is 7.27. The number of carbonyl (C=O) groups is 3. The average molecular weight is 412 g/mol. The number of halogens is 1. The van der Waals surface area contributed by atoms with E-state index in [1.54, 1.807) is 31.2 Å². The number of nitrogens with zero attached hydrogens (tertiary/aromatic N) is 1. The summed E-state index contributed by atoms with van der Waals surface area (Å²) in [6, 6.07) is 4.18. The molecule has 1 aromatic rings. The van der Waals surface area contributed by atoms with Crippen LogP contribution >= 0.6 is 23.4 Å². The van der Waals surface area contributed by atoms with Crippen LogP contribution in [0.4, 0.5) is 4.79 Å². The summed E-state index contributed by atoms with van der Waals surface area (Å²) in [7, 11) is 0. The molecule has 27 heavy (non-hydrogen) atoms. The molecule has 2 amide bonds. The minimum absolute atomic E-state index is 0.0363. The number of benzene rings is 1. The monoisotopic (exact) mass is 411 g/mol. The van der Waals surface area contributed by atoms with Crippen LogP contribution in [-0.2, 0) is 14.3 Å². The van der Waals surface area contributed by atoms with Crippen molar-refractivity contribution in [1.82, 2.24) is 4.90 Å². The van der Waals surface area contributed by atoms with Crippen molar-refractivity contribution in [2.45, 2.75) is 46.3 Å². The first kappa shape index (κ1) is 21.3. The number of hydrogen-bond donors (Lipinski definition) is 0. The summed E-state index contributed by atoms with van der Waals surface area (Å²) in [4.78, 5) is 37.7. The number of esters is 1. The van der Waals surface area contributed by atoms with E-state index >= 15 is 0 Å². The molecular weight excluding hydrogens is 390 g/mol. The molecule has 2 rings (SSSR count). The second-order valence-corrected chi connectivity index (χ2v) is 7.41. The Hall–Kier alpha value is -1.99. The number of carbonyl (C=O) groups excluding carboxylic acids is 3. The third kappa shape index (κ3) is 5.05. The zero-order valence-electron chi connectivity index (χ0n) is 15.7. The van der Waals surface area contributed by atoms with Gasteiger partial charge in [-0.2, -0.15) is 0 Å². The van der Waals surface area contributed by atoms with Crippen LogP contribution in [0.15, 0.2) is 23.1 Å². The maximum Gasteiger partial charge on any atom is 0.329 e. The van der Waals surface area contributed by atoms with Crippen molar-refractivity contribution in [3.63, 3.8) is 0 Å². The third-order valence-corrected chi connectivity index (χ3v) is 5.17. The van der Waals surface area contributed by atoms with E-state index in [2.05, 4.69) is 0 Å². The smallest absolute Gasteiger partial charge is 0.329 e. The largest absolute Gasteiger partial charge is 0.489 e. The van der Waals surface area contributed by atoms with Gasteiger partial charge in [0.2, 0.25) is 0 Å². The molecular formula is C19H22ClNO5S. The van der Waals surface area contributed by atoms with Gasteiger partial charge in [-0.3, -0.25) is 14.5 Å². The Balaban J connectivity index is 2.20. The molecule has 6 nitrogen and oxygen atoms in total. The van der Waals surface area contributed by atoms with Crippen LogP contribution in [0.1, 0.15) is 39.7 Å². The number of ether oxygens (including phenoxy) is 2. The van der Waals surface area contributed by atoms with Crippen molar-refractivity contribution in [2.75, 3.05) is 6.61 Å². The molecule has 1 heterocycles. The molecule has 0 saturated carbocycles. The topological polar surface area (TPSA) is 72.9 Å². The molecule has 1 fully saturated rings. The predicted octanol–water partition coefficient (Wildman–Crippen LogP) is 4.51. The van der Waals surface area contributed by atoms with Gasteiger partial charge in [-0.05, 0) is 62.7 Å². The lowest BCUT2D eigenvalue weighted by Crippen LogP contribution is -2.42. The summed E-state index contributed by atoms with van der Waals surface area (Å²) in [5.41, 5.74) is 0.658. The van der Waals surface area contributed by atoms with Crippen molar-refractivity contribution >= 4 is 46.6 Å². The van der Waals surface area contributed by atoms with Crippen LogP contribution < -0.4 is 4.74 Å². The predicted molar refractivity (Wildman–Crippen MR) is 106 cm³/mol. The van der Waals surface area contributed by atoms with Gasteiger partial charge in [-0.25, -0.2) is 4.79 Å². The molecule has 0 bridgehead atoms. The Bertz CT molecular complexity index is 779. The second kappa shape index (κ2) is 9.28. The Labute approximate surface area is 167 Å². The van der Waals surface area contributed by atoms with Crippen LogP contribution in [-0.4, -0.2) is 40.8 Å². The molecule has 146 valence electrons. The Morgan fingerprint density at radius 2 is 2.00 bits per heavy atom. The highest BCUT2D eigenvalue weighted by Crippen LogP contribution is 2.35. The van der Waals surface area contributed by atoms with Crippen molar-refractivity contribution in [1.29, 1.82) is 0 Å². The highest BCUT2D eigenvalue weighted by atomic mass is 35.5. The lowest BCUT2D eigenvalue weighted by atomic mass is 10.2. The number of hydrogen-bond acceptors (Lipinski definition) is 6. The van der Waals surface area contributed by atoms with E-state index in [0.29, 0.717) is 16.3 Å². The van der Waals surface area contributed by atoms with Gasteiger partial charge in [0.15, 0.2) is 0 Å². The summed E-state index contributed by atoms with van der Waals surface area (Å²) >= 11 is 7.03. The first-order valence-electron chi connectivity index (χ1n) is 8.68. The Kier molecular flexibility index (Phi) is 7.33. The van der Waals surface area contributed by atoms with E-state index in [-0.39, 0.29) is 17.6 Å². The Morgan fingerprint density at radius 3 is 2.59 bits per heavy atom. The second-order valence-electron chi connectivity index (χ2n) is 6.01. The minimum atomic E-state index is -0.974. The first-order chi connectivity index (χ1) is 12.8. The molecule has 1 aliphatic heterocycles. The summed E-state index contributed by atoms with van der Waals surface area (Å²) < 4.78 is 10.6. The molecule has 0 N–H and O–H groups in total. The number of thioether (sulfide) groups is 1. The van der Waals surface area contributed by atoms with Crippen LogP contribution in [0.5, 0.6) is 5.75 Å². The lowest BCUT2D eigenvalue weighted by molar-refractivity contribution is -0.150. The van der Waals surface area contributed by atoms with Gasteiger partial charge >= 0.3 is 5.97 Å². The number of rotatable bonds is 7. The van der Waals surface area contributed by atoms with E-state index in [0.717, 1.165) is 23.1 Å². The molecule has 2 atom stereocenters. The standard InChI is InChI=1S/C19H22ClNO5S/c1-5-11(3)26-15-8-7-13(9-14(15)20)10-16-17(22)21(19(24)27-16)12(4)18(23)25-6-2/h7-12H,5-6H2,1-4H3/b16-10+/t11-,12+/m0/s1. The van der Waals surface area contributed by atoms with E-state index in [9.17, 15) is 14.4 Å². The highest BCUT2D eigenvalue weighted by molar-refractivity contribution is 8.18. The molecule has 8 heteroatoms. The third-order valence-electron chi connectivity index (χ3n) is 4.00. The SMILES string of the molecule is CCOC(=O)[C@@H](C)N1C(=O)S/C(=C/c2ccc(O[C@@H](C)CC)c(Cl)c2)C1=O. The first-order valence-corrected chi connectivity index (χ1v) is 9.87. The van der Waals surface area contributed by atoms with E-state index in [1.807, 2.05) is 13.8 Å². The van der Waals surface area contributed by atoms with Gasteiger partial charge in [-0.1, -0.05) is 24.6 Å². The van der Waals surface area contributed by atoms with Crippen LogP contribution in [0.3, 0.4) is 0 Å². The minimum Gasteiger partial charge on any atom is -0.489 e. The molecule has 1 saturated heterocycles. The zero-order valence-corrected chi connectivity index (χ0v) is 17.2. The van der Waals surface area contributed by atoms with Gasteiger partial charge in [0.05, 0.1) is 22.6 Å². The van der Waals surface area contributed by atoms with Crippen LogP contribution in [0.25, 0.3) is 6.08 Å². The molecule has 0 spiro atoms. The zero-order chi connectivity index (χ0) is 20.1. The molecule has 1 aromatic carbocycles. The van der Waals surface area contributed by atoms with Gasteiger partial charge in [-0.15, -0.1) is 0 Å². The molecule has 0 aromatic heterocycles. The van der Waals surface area contributed by atoms with Crippen molar-refractivity contribution in [3.8, 4) is 5.75 Å². The summed E-state index contributed by atoms with van der Waals surface area (Å²) in [5.74, 6) is -0.579. The Morgan fingerprint density at radius 1 is 1.30 bits per heavy atom. The van der Waals surface area contributed by atoms with Crippen LogP contribution in [0, 0.1) is 0 Å². The maximum atomic E-state index is 12.6. The van der Waals surface area contributed by atoms with Gasteiger partial charge in [0, 0.05) is 0 Å². The average Bonchev–Trinajstić information content (AvgIpc) is 2.90. The molecule has 0 unspecified atom stereocenters. The number of imide groups is 1. The quantitative estimate of drug-likeness (QED) is 0.485. The maximum absolute atomic E-state index is 12.6. The van der Waals surface area contributed by atoms with Crippen molar-refractivity contribution < 1.29 is 23.9 Å². The van der Waals surface area contributed by atoms with Gasteiger partial charge in [0.1, 0.15) is 11.8 Å². The number of amides is 2. The van der Waals surface area contributed by atoms with Crippen molar-refractivity contribution in [3.05, 3.63) is 33.7 Å². The van der Waals surface area contributed by atoms with E-state index in [1.165, 1.54) is 6.92 Å². The summed E-state index contributed by atoms with van der Waals surface area (Å²) in [5, 5.41) is -0.0854. The fourth-order valence-electron chi connectivity index (χ4n) is 2.34. The van der Waals surface area contributed by atoms with Crippen molar-refractivity contribution in [2.24, 2.45) is 0 Å². The van der Waals surface area contributed by atoms with Gasteiger partial charge < -0.3 is 9.47 Å². The molecule has 0 aliphatic carbocycles. The van der Waals surface area contributed by atoms with Gasteiger partial charge in [0.25, 0.3) is 11.1 Å². The normalized spacial score (nSPS) is 18.0. The fourth-order valence-corrected chi connectivity index (χ4v) is 3.48. The fraction of sp³-hybridized carbons (Fsp3) is 0.421. The lowest BCUT2D eigenvalue weighted by Gasteiger charge is -2.19.